The Balaban J connectivity index is 2.33. The first-order chi connectivity index (χ1) is 9.54. The van der Waals surface area contributed by atoms with E-state index in [0.29, 0.717) is 23.5 Å². The second kappa shape index (κ2) is 5.81. The summed E-state index contributed by atoms with van der Waals surface area (Å²) in [5.41, 5.74) is 13.2. The van der Waals surface area contributed by atoms with Crippen molar-refractivity contribution >= 4 is 23.2 Å². The summed E-state index contributed by atoms with van der Waals surface area (Å²) in [5.74, 6) is -0.506. The lowest BCUT2D eigenvalue weighted by atomic mass is 10.1. The molecule has 1 heterocycles. The molecular weight excluding hydrogens is 256 g/mol. The number of nitrogens with one attached hydrogen (secondary N) is 1. The molecule has 0 aromatic heterocycles. The lowest BCUT2D eigenvalue weighted by molar-refractivity contribution is -0.119. The van der Waals surface area contributed by atoms with Gasteiger partial charge in [-0.2, -0.15) is 0 Å². The van der Waals surface area contributed by atoms with E-state index in [4.69, 9.17) is 11.5 Å². The van der Waals surface area contributed by atoms with Gasteiger partial charge in [0.25, 0.3) is 5.91 Å². The Morgan fingerprint density at radius 1 is 1.45 bits per heavy atom. The Kier molecular flexibility index (Phi) is 4.12. The lowest BCUT2D eigenvalue weighted by Crippen LogP contribution is -2.40. The Labute approximate surface area is 118 Å². The molecule has 1 fully saturated rings. The molecule has 1 unspecified atom stereocenters. The molecule has 1 saturated heterocycles. The average molecular weight is 276 g/mol. The fraction of sp³-hybridized carbons (Fsp3) is 0.429. The number of hydrogen-bond donors (Lipinski definition) is 3. The van der Waals surface area contributed by atoms with Crippen LogP contribution in [0.1, 0.15) is 30.1 Å². The highest BCUT2D eigenvalue weighted by molar-refractivity contribution is 5.96. The van der Waals surface area contributed by atoms with E-state index in [1.807, 2.05) is 11.8 Å². The monoisotopic (exact) mass is 276 g/mol. The maximum absolute atomic E-state index is 11.9. The zero-order valence-corrected chi connectivity index (χ0v) is 11.6. The molecule has 2 rings (SSSR count). The van der Waals surface area contributed by atoms with Gasteiger partial charge in [-0.25, -0.2) is 0 Å². The van der Waals surface area contributed by atoms with Crippen molar-refractivity contribution < 1.29 is 9.59 Å². The van der Waals surface area contributed by atoms with E-state index < -0.39 is 0 Å². The molecular formula is C14H20N4O2. The number of carbonyl (C=O) groups is 2. The molecule has 1 aliphatic heterocycles. The summed E-state index contributed by atoms with van der Waals surface area (Å²) in [4.78, 5) is 25.2. The van der Waals surface area contributed by atoms with Gasteiger partial charge in [-0.15, -0.1) is 0 Å². The van der Waals surface area contributed by atoms with E-state index in [0.717, 1.165) is 19.4 Å². The van der Waals surface area contributed by atoms with Gasteiger partial charge in [0.2, 0.25) is 5.91 Å². The zero-order valence-electron chi connectivity index (χ0n) is 11.6. The van der Waals surface area contributed by atoms with Crippen LogP contribution in [0.5, 0.6) is 0 Å². The van der Waals surface area contributed by atoms with Gasteiger partial charge in [0.15, 0.2) is 0 Å². The van der Waals surface area contributed by atoms with Gasteiger partial charge >= 0.3 is 0 Å². The predicted octanol–water partition coefficient (Wildman–Crippen LogP) is 0.473. The minimum atomic E-state index is -0.356. The van der Waals surface area contributed by atoms with Crippen molar-refractivity contribution in [3.63, 3.8) is 0 Å². The van der Waals surface area contributed by atoms with Crippen LogP contribution in [0.25, 0.3) is 0 Å². The Morgan fingerprint density at radius 2 is 2.20 bits per heavy atom. The van der Waals surface area contributed by atoms with Crippen molar-refractivity contribution in [3.05, 3.63) is 23.8 Å². The molecule has 6 nitrogen and oxygen atoms in total. The van der Waals surface area contributed by atoms with Gasteiger partial charge < -0.3 is 21.7 Å². The van der Waals surface area contributed by atoms with E-state index in [1.165, 1.54) is 0 Å². The van der Waals surface area contributed by atoms with Gasteiger partial charge in [0.1, 0.15) is 6.04 Å². The summed E-state index contributed by atoms with van der Waals surface area (Å²) >= 11 is 0. The van der Waals surface area contributed by atoms with Crippen LogP contribution in [-0.2, 0) is 4.79 Å². The van der Waals surface area contributed by atoms with Crippen molar-refractivity contribution in [2.45, 2.75) is 25.8 Å². The third kappa shape index (κ3) is 2.68. The van der Waals surface area contributed by atoms with Crippen molar-refractivity contribution in [2.24, 2.45) is 5.73 Å². The molecule has 0 bridgehead atoms. The molecule has 0 aliphatic carbocycles. The summed E-state index contributed by atoms with van der Waals surface area (Å²) in [5, 5.41) is 2.74. The first-order valence-corrected chi connectivity index (χ1v) is 6.78. The number of rotatable bonds is 4. The van der Waals surface area contributed by atoms with Crippen LogP contribution in [-0.4, -0.2) is 30.9 Å². The molecule has 20 heavy (non-hydrogen) atoms. The zero-order chi connectivity index (χ0) is 14.7. The standard InChI is InChI=1S/C14H20N4O2/c1-2-17-14(20)9-5-6-10(15)12(8-9)18-7-3-4-11(18)13(16)19/h5-6,8,11H,2-4,7,15H2,1H3,(H2,16,19)(H,17,20). The number of benzene rings is 1. The minimum absolute atomic E-state index is 0.149. The molecule has 1 aromatic carbocycles. The van der Waals surface area contributed by atoms with Gasteiger partial charge in [-0.1, -0.05) is 0 Å². The van der Waals surface area contributed by atoms with Gasteiger partial charge in [-0.3, -0.25) is 9.59 Å². The summed E-state index contributed by atoms with van der Waals surface area (Å²) < 4.78 is 0. The molecule has 2 amide bonds. The van der Waals surface area contributed by atoms with Crippen molar-refractivity contribution in [1.82, 2.24) is 5.32 Å². The van der Waals surface area contributed by atoms with Crippen LogP contribution in [0, 0.1) is 0 Å². The third-order valence-corrected chi connectivity index (χ3v) is 3.52. The number of nitrogen functional groups attached to an aromatic ring is 1. The number of amides is 2. The van der Waals surface area contributed by atoms with Crippen LogP contribution in [0.4, 0.5) is 11.4 Å². The predicted molar refractivity (Wildman–Crippen MR) is 78.4 cm³/mol. The van der Waals surface area contributed by atoms with E-state index in [9.17, 15) is 9.59 Å². The first-order valence-electron chi connectivity index (χ1n) is 6.78. The molecule has 0 spiro atoms. The van der Waals surface area contributed by atoms with Crippen molar-refractivity contribution in [3.8, 4) is 0 Å². The molecule has 1 aromatic rings. The van der Waals surface area contributed by atoms with Gasteiger partial charge in [0.05, 0.1) is 11.4 Å². The molecule has 5 N–H and O–H groups in total. The Hall–Kier alpha value is -2.24. The molecule has 1 aliphatic rings. The first kappa shape index (κ1) is 14.2. The number of carbonyl (C=O) groups excluding carboxylic acids is 2. The second-order valence-electron chi connectivity index (χ2n) is 4.89. The SMILES string of the molecule is CCNC(=O)c1ccc(N)c(N2CCCC2C(N)=O)c1. The molecule has 108 valence electrons. The normalized spacial score (nSPS) is 18.1. The van der Waals surface area contributed by atoms with Crippen molar-refractivity contribution in [1.29, 1.82) is 0 Å². The number of nitrogens with two attached hydrogens (primary N) is 2. The van der Waals surface area contributed by atoms with Crippen LogP contribution < -0.4 is 21.7 Å². The van der Waals surface area contributed by atoms with E-state index in [2.05, 4.69) is 5.32 Å². The fourth-order valence-electron chi connectivity index (χ4n) is 2.55. The summed E-state index contributed by atoms with van der Waals surface area (Å²) in [7, 11) is 0. The van der Waals surface area contributed by atoms with Crippen LogP contribution >= 0.6 is 0 Å². The smallest absolute Gasteiger partial charge is 0.251 e. The Bertz CT molecular complexity index is 530. The molecule has 1 atom stereocenters. The largest absolute Gasteiger partial charge is 0.397 e. The number of hydrogen-bond acceptors (Lipinski definition) is 4. The van der Waals surface area contributed by atoms with Crippen LogP contribution in [0.15, 0.2) is 18.2 Å². The number of nitrogens with zero attached hydrogens (tertiary/aromatic N) is 1. The summed E-state index contributed by atoms with van der Waals surface area (Å²) in [6.45, 7) is 3.14. The topological polar surface area (TPSA) is 101 Å². The lowest BCUT2D eigenvalue weighted by Gasteiger charge is -2.26. The van der Waals surface area contributed by atoms with E-state index in [-0.39, 0.29) is 17.9 Å². The van der Waals surface area contributed by atoms with Gasteiger partial charge in [-0.05, 0) is 38.0 Å². The second-order valence-corrected chi connectivity index (χ2v) is 4.89. The minimum Gasteiger partial charge on any atom is -0.397 e. The highest BCUT2D eigenvalue weighted by Gasteiger charge is 2.30. The summed E-state index contributed by atoms with van der Waals surface area (Å²) in [6.07, 6.45) is 1.61. The summed E-state index contributed by atoms with van der Waals surface area (Å²) in [6, 6.07) is 4.75. The molecule has 0 radical (unpaired) electrons. The fourth-order valence-corrected chi connectivity index (χ4v) is 2.55. The maximum atomic E-state index is 11.9. The third-order valence-electron chi connectivity index (χ3n) is 3.52. The molecule has 6 heteroatoms. The number of anilines is 2. The maximum Gasteiger partial charge on any atom is 0.251 e. The van der Waals surface area contributed by atoms with Crippen LogP contribution in [0.3, 0.4) is 0 Å². The van der Waals surface area contributed by atoms with E-state index in [1.54, 1.807) is 18.2 Å². The van der Waals surface area contributed by atoms with Gasteiger partial charge in [0, 0.05) is 18.7 Å². The quantitative estimate of drug-likeness (QED) is 0.696. The van der Waals surface area contributed by atoms with E-state index >= 15 is 0 Å². The molecule has 0 saturated carbocycles. The highest BCUT2D eigenvalue weighted by Crippen LogP contribution is 2.31. The Morgan fingerprint density at radius 3 is 2.85 bits per heavy atom. The van der Waals surface area contributed by atoms with Crippen LogP contribution in [0.2, 0.25) is 0 Å². The average Bonchev–Trinajstić information content (AvgIpc) is 2.88. The highest BCUT2D eigenvalue weighted by atomic mass is 16.2. The van der Waals surface area contributed by atoms with Crippen molar-refractivity contribution in [2.75, 3.05) is 23.7 Å². The number of primary amides is 1.